The molecule has 1 aromatic rings. The summed E-state index contributed by atoms with van der Waals surface area (Å²) in [5.74, 6) is -1.23. The first kappa shape index (κ1) is 14.6. The Balaban J connectivity index is 2.46. The lowest BCUT2D eigenvalue weighted by atomic mass is 9.74. The predicted molar refractivity (Wildman–Crippen MR) is 75.6 cm³/mol. The Kier molecular flexibility index (Phi) is 3.85. The number of carboxylic acid groups (broad SMARTS) is 1. The number of anilines is 1. The Bertz CT molecular complexity index is 564. The lowest BCUT2D eigenvalue weighted by Gasteiger charge is -2.43. The Labute approximate surface area is 120 Å². The molecule has 0 saturated heterocycles. The van der Waals surface area contributed by atoms with Gasteiger partial charge in [-0.3, -0.25) is 10.1 Å². The summed E-state index contributed by atoms with van der Waals surface area (Å²) in [5.41, 5.74) is -0.364. The van der Waals surface area contributed by atoms with Crippen LogP contribution in [0.3, 0.4) is 0 Å². The second-order valence-electron chi connectivity index (χ2n) is 5.02. The maximum Gasteiger partial charge on any atom is 0.338 e. The third kappa shape index (κ3) is 2.56. The number of nitrogens with one attached hydrogen (secondary N) is 1. The zero-order valence-corrected chi connectivity index (χ0v) is 11.7. The van der Waals surface area contributed by atoms with Crippen LogP contribution >= 0.6 is 11.6 Å². The Morgan fingerprint density at radius 3 is 2.60 bits per heavy atom. The molecule has 1 aliphatic rings. The average molecular weight is 299 g/mol. The smallest absolute Gasteiger partial charge is 0.338 e. The molecule has 1 aromatic carbocycles. The first-order chi connectivity index (χ1) is 9.38. The minimum Gasteiger partial charge on any atom is -0.478 e. The third-order valence-corrected chi connectivity index (χ3v) is 4.19. The molecule has 6 nitrogen and oxygen atoms in total. The summed E-state index contributed by atoms with van der Waals surface area (Å²) in [5, 5.41) is 23.3. The number of nitrogens with zero attached hydrogens (tertiary/aromatic N) is 1. The summed E-state index contributed by atoms with van der Waals surface area (Å²) < 4.78 is 0. The van der Waals surface area contributed by atoms with Crippen molar-refractivity contribution >= 4 is 28.9 Å². The number of carbonyl (C=O) groups is 1. The number of rotatable bonds is 5. The largest absolute Gasteiger partial charge is 0.478 e. The van der Waals surface area contributed by atoms with Gasteiger partial charge in [-0.25, -0.2) is 4.79 Å². The summed E-state index contributed by atoms with van der Waals surface area (Å²) in [7, 11) is 0. The third-order valence-electron chi connectivity index (χ3n) is 3.89. The molecule has 0 aromatic heterocycles. The van der Waals surface area contributed by atoms with Crippen LogP contribution in [-0.4, -0.2) is 21.5 Å². The molecule has 1 aliphatic carbocycles. The molecule has 0 heterocycles. The number of nitro benzene ring substituents is 1. The van der Waals surface area contributed by atoms with Gasteiger partial charge in [-0.1, -0.05) is 18.5 Å². The standard InChI is InChI=1S/C13H15ClN2O4/c1-2-13(4-3-5-13)15-11-9(12(17)18)6-8(16(19)20)7-10(11)14/h6-7,15H,2-5H2,1H3,(H,17,18). The van der Waals surface area contributed by atoms with Crippen molar-refractivity contribution < 1.29 is 14.8 Å². The highest BCUT2D eigenvalue weighted by Crippen LogP contribution is 2.41. The maximum absolute atomic E-state index is 11.3. The number of hydrogen-bond donors (Lipinski definition) is 2. The highest BCUT2D eigenvalue weighted by Gasteiger charge is 2.36. The van der Waals surface area contributed by atoms with Crippen LogP contribution in [0.5, 0.6) is 0 Å². The van der Waals surface area contributed by atoms with Crippen LogP contribution in [0.1, 0.15) is 43.0 Å². The van der Waals surface area contributed by atoms with Crippen molar-refractivity contribution in [2.45, 2.75) is 38.1 Å². The molecular weight excluding hydrogens is 284 g/mol. The molecule has 0 amide bonds. The van der Waals surface area contributed by atoms with E-state index in [1.54, 1.807) is 0 Å². The van der Waals surface area contributed by atoms with Crippen LogP contribution in [0.4, 0.5) is 11.4 Å². The molecule has 0 spiro atoms. The van der Waals surface area contributed by atoms with E-state index in [0.29, 0.717) is 0 Å². The molecule has 0 aliphatic heterocycles. The molecule has 108 valence electrons. The van der Waals surface area contributed by atoms with Crippen molar-refractivity contribution in [3.63, 3.8) is 0 Å². The highest BCUT2D eigenvalue weighted by atomic mass is 35.5. The molecule has 2 N–H and O–H groups in total. The normalized spacial score (nSPS) is 16.3. The summed E-state index contributed by atoms with van der Waals surface area (Å²) in [4.78, 5) is 21.4. The molecule has 1 fully saturated rings. The average Bonchev–Trinajstić information content (AvgIpc) is 2.34. The predicted octanol–water partition coefficient (Wildman–Crippen LogP) is 3.69. The molecule has 2 rings (SSSR count). The van der Waals surface area contributed by atoms with E-state index in [2.05, 4.69) is 5.32 Å². The van der Waals surface area contributed by atoms with E-state index < -0.39 is 10.9 Å². The van der Waals surface area contributed by atoms with E-state index in [1.807, 2.05) is 6.92 Å². The van der Waals surface area contributed by atoms with Gasteiger partial charge in [-0.15, -0.1) is 0 Å². The first-order valence-corrected chi connectivity index (χ1v) is 6.76. The van der Waals surface area contributed by atoms with Gasteiger partial charge in [0.25, 0.3) is 5.69 Å². The molecule has 1 saturated carbocycles. The van der Waals surface area contributed by atoms with E-state index in [1.165, 1.54) is 6.07 Å². The Morgan fingerprint density at radius 2 is 2.20 bits per heavy atom. The minimum atomic E-state index is -1.23. The first-order valence-electron chi connectivity index (χ1n) is 6.38. The van der Waals surface area contributed by atoms with Gasteiger partial charge in [0.2, 0.25) is 0 Å². The number of non-ortho nitro benzene ring substituents is 1. The molecule has 0 unspecified atom stereocenters. The number of nitro groups is 1. The summed E-state index contributed by atoms with van der Waals surface area (Å²) in [6, 6.07) is 2.22. The number of halogens is 1. The monoisotopic (exact) mass is 298 g/mol. The number of benzene rings is 1. The molecular formula is C13H15ClN2O4. The quantitative estimate of drug-likeness (QED) is 0.639. The molecule has 0 radical (unpaired) electrons. The van der Waals surface area contributed by atoms with E-state index >= 15 is 0 Å². The second kappa shape index (κ2) is 5.28. The molecule has 20 heavy (non-hydrogen) atoms. The fourth-order valence-corrected chi connectivity index (χ4v) is 2.69. The van der Waals surface area contributed by atoms with E-state index in [0.717, 1.165) is 31.7 Å². The van der Waals surface area contributed by atoms with E-state index in [9.17, 15) is 20.0 Å². The zero-order valence-electron chi connectivity index (χ0n) is 11.0. The van der Waals surface area contributed by atoms with Crippen LogP contribution in [0.15, 0.2) is 12.1 Å². The lowest BCUT2D eigenvalue weighted by molar-refractivity contribution is -0.384. The topological polar surface area (TPSA) is 92.5 Å². The van der Waals surface area contributed by atoms with Crippen molar-refractivity contribution in [3.05, 3.63) is 32.8 Å². The van der Waals surface area contributed by atoms with Crippen LogP contribution in [-0.2, 0) is 0 Å². The van der Waals surface area contributed by atoms with Crippen LogP contribution in [0, 0.1) is 10.1 Å². The highest BCUT2D eigenvalue weighted by molar-refractivity contribution is 6.34. The van der Waals surface area contributed by atoms with Crippen LogP contribution in [0.25, 0.3) is 0 Å². The number of carboxylic acids is 1. The summed E-state index contributed by atoms with van der Waals surface area (Å²) in [6.07, 6.45) is 3.80. The SMILES string of the molecule is CCC1(Nc2c(Cl)cc([N+](=O)[O-])cc2C(=O)O)CCC1. The Morgan fingerprint density at radius 1 is 1.55 bits per heavy atom. The molecule has 7 heteroatoms. The lowest BCUT2D eigenvalue weighted by Crippen LogP contribution is -2.44. The zero-order chi connectivity index (χ0) is 14.9. The van der Waals surface area contributed by atoms with E-state index in [4.69, 9.17) is 11.6 Å². The van der Waals surface area contributed by atoms with E-state index in [-0.39, 0.29) is 27.5 Å². The van der Waals surface area contributed by atoms with Crippen molar-refractivity contribution in [2.24, 2.45) is 0 Å². The van der Waals surface area contributed by atoms with Crippen molar-refractivity contribution in [1.82, 2.24) is 0 Å². The van der Waals surface area contributed by atoms with Gasteiger partial charge in [0, 0.05) is 17.7 Å². The summed E-state index contributed by atoms with van der Waals surface area (Å²) in [6.45, 7) is 2.02. The fraction of sp³-hybridized carbons (Fsp3) is 0.462. The van der Waals surface area contributed by atoms with Gasteiger partial charge in [-0.2, -0.15) is 0 Å². The van der Waals surface area contributed by atoms with Crippen LogP contribution in [0.2, 0.25) is 5.02 Å². The number of hydrogen-bond acceptors (Lipinski definition) is 4. The van der Waals surface area contributed by atoms with Gasteiger partial charge in [0.1, 0.15) is 0 Å². The van der Waals surface area contributed by atoms with Gasteiger partial charge in [0.05, 0.1) is 21.2 Å². The van der Waals surface area contributed by atoms with Crippen molar-refractivity contribution in [3.8, 4) is 0 Å². The van der Waals surface area contributed by atoms with Crippen molar-refractivity contribution in [1.29, 1.82) is 0 Å². The summed E-state index contributed by atoms with van der Waals surface area (Å²) >= 11 is 6.04. The fourth-order valence-electron chi connectivity index (χ4n) is 2.43. The Hall–Kier alpha value is -1.82. The van der Waals surface area contributed by atoms with Crippen LogP contribution < -0.4 is 5.32 Å². The van der Waals surface area contributed by atoms with Crippen molar-refractivity contribution in [2.75, 3.05) is 5.32 Å². The van der Waals surface area contributed by atoms with Gasteiger partial charge >= 0.3 is 5.97 Å². The maximum atomic E-state index is 11.3. The molecule has 0 atom stereocenters. The van der Waals surface area contributed by atoms with Gasteiger partial charge < -0.3 is 10.4 Å². The van der Waals surface area contributed by atoms with Gasteiger partial charge in [0.15, 0.2) is 0 Å². The minimum absolute atomic E-state index is 0.0660. The second-order valence-corrected chi connectivity index (χ2v) is 5.43. The number of aromatic carboxylic acids is 1. The molecule has 0 bridgehead atoms. The van der Waals surface area contributed by atoms with Gasteiger partial charge in [-0.05, 0) is 25.7 Å².